The third-order valence-corrected chi connectivity index (χ3v) is 3.40. The van der Waals surface area contributed by atoms with Crippen molar-refractivity contribution in [3.63, 3.8) is 0 Å². The van der Waals surface area contributed by atoms with Crippen molar-refractivity contribution >= 4 is 17.5 Å². The molecule has 1 amide bonds. The van der Waals surface area contributed by atoms with Crippen LogP contribution in [0, 0.1) is 0 Å². The number of carbonyl (C=O) groups is 1. The molecule has 0 spiro atoms. The molecule has 1 aliphatic heterocycles. The monoisotopic (exact) mass is 279 g/mol. The topological polar surface area (TPSA) is 93.4 Å². The number of nitrogen functional groups attached to an aromatic ring is 1. The summed E-state index contributed by atoms with van der Waals surface area (Å²) in [4.78, 5) is 22.6. The van der Waals surface area contributed by atoms with Crippen molar-refractivity contribution in [3.8, 4) is 0 Å². The molecule has 0 radical (unpaired) electrons. The first kappa shape index (κ1) is 14.5. The second-order valence-electron chi connectivity index (χ2n) is 4.82. The van der Waals surface area contributed by atoms with Crippen molar-refractivity contribution in [1.82, 2.24) is 15.3 Å². The lowest BCUT2D eigenvalue weighted by Crippen LogP contribution is -2.49. The third-order valence-electron chi connectivity index (χ3n) is 3.40. The number of methoxy groups -OCH3 is 1. The van der Waals surface area contributed by atoms with E-state index in [1.54, 1.807) is 20.2 Å². The standard InChI is InChI=1S/C13H21N5O2/c1-15-13(19)9-5-3-4-6-18(9)12-7-10(14)16-11(17-12)8-20-2/h7,9H,3-6,8H2,1-2H3,(H,15,19)(H2,14,16,17). The van der Waals surface area contributed by atoms with Crippen molar-refractivity contribution in [2.45, 2.75) is 31.9 Å². The number of aromatic nitrogens is 2. The predicted molar refractivity (Wildman–Crippen MR) is 76.2 cm³/mol. The normalized spacial score (nSPS) is 18.9. The summed E-state index contributed by atoms with van der Waals surface area (Å²) in [5.74, 6) is 1.63. The number of rotatable bonds is 4. The van der Waals surface area contributed by atoms with Crippen LogP contribution in [0.5, 0.6) is 0 Å². The van der Waals surface area contributed by atoms with E-state index in [1.165, 1.54) is 0 Å². The molecule has 1 fully saturated rings. The lowest BCUT2D eigenvalue weighted by molar-refractivity contribution is -0.122. The summed E-state index contributed by atoms with van der Waals surface area (Å²) >= 11 is 0. The summed E-state index contributed by atoms with van der Waals surface area (Å²) in [6.45, 7) is 1.09. The number of ether oxygens (including phenoxy) is 1. The molecule has 0 aromatic carbocycles. The van der Waals surface area contributed by atoms with Gasteiger partial charge in [0.05, 0.1) is 0 Å². The molecular formula is C13H21N5O2. The third kappa shape index (κ3) is 3.16. The van der Waals surface area contributed by atoms with Gasteiger partial charge in [0.2, 0.25) is 5.91 Å². The molecule has 0 aliphatic carbocycles. The average Bonchev–Trinajstić information content (AvgIpc) is 2.46. The molecule has 1 aromatic heterocycles. The van der Waals surface area contributed by atoms with Crippen LogP contribution in [0.3, 0.4) is 0 Å². The van der Waals surface area contributed by atoms with Gasteiger partial charge in [-0.15, -0.1) is 0 Å². The van der Waals surface area contributed by atoms with Gasteiger partial charge in [-0.25, -0.2) is 9.97 Å². The van der Waals surface area contributed by atoms with Crippen molar-refractivity contribution in [2.75, 3.05) is 31.3 Å². The van der Waals surface area contributed by atoms with Crippen LogP contribution in [0.15, 0.2) is 6.07 Å². The van der Waals surface area contributed by atoms with Crippen LogP contribution in [0.2, 0.25) is 0 Å². The zero-order valence-corrected chi connectivity index (χ0v) is 11.9. The Balaban J connectivity index is 2.29. The molecule has 2 rings (SSSR count). The molecule has 3 N–H and O–H groups in total. The molecule has 2 heterocycles. The van der Waals surface area contributed by atoms with Gasteiger partial charge >= 0.3 is 0 Å². The number of hydrogen-bond donors (Lipinski definition) is 2. The van der Waals surface area contributed by atoms with Crippen molar-refractivity contribution in [3.05, 3.63) is 11.9 Å². The van der Waals surface area contributed by atoms with E-state index in [0.29, 0.717) is 24.1 Å². The first-order chi connectivity index (χ1) is 9.65. The van der Waals surface area contributed by atoms with Crippen LogP contribution in [0.25, 0.3) is 0 Å². The molecule has 0 saturated carbocycles. The molecule has 7 heteroatoms. The summed E-state index contributed by atoms with van der Waals surface area (Å²) in [5.41, 5.74) is 5.82. The highest BCUT2D eigenvalue weighted by atomic mass is 16.5. The summed E-state index contributed by atoms with van der Waals surface area (Å²) in [6.07, 6.45) is 2.90. The van der Waals surface area contributed by atoms with E-state index in [2.05, 4.69) is 15.3 Å². The van der Waals surface area contributed by atoms with Crippen molar-refractivity contribution < 1.29 is 9.53 Å². The first-order valence-electron chi connectivity index (χ1n) is 6.76. The minimum atomic E-state index is -0.196. The van der Waals surface area contributed by atoms with Gasteiger partial charge < -0.3 is 20.7 Å². The lowest BCUT2D eigenvalue weighted by Gasteiger charge is -2.35. The molecule has 20 heavy (non-hydrogen) atoms. The van der Waals surface area contributed by atoms with Crippen molar-refractivity contribution in [1.29, 1.82) is 0 Å². The van der Waals surface area contributed by atoms with E-state index in [1.807, 2.05) is 4.90 Å². The van der Waals surface area contributed by atoms with Gasteiger partial charge in [-0.05, 0) is 19.3 Å². The van der Waals surface area contributed by atoms with E-state index < -0.39 is 0 Å². The van der Waals surface area contributed by atoms with Gasteiger partial charge in [0.1, 0.15) is 24.3 Å². The van der Waals surface area contributed by atoms with Crippen LogP contribution in [-0.2, 0) is 16.1 Å². The molecule has 1 saturated heterocycles. The van der Waals surface area contributed by atoms with Gasteiger partial charge in [0.25, 0.3) is 0 Å². The minimum absolute atomic E-state index is 0.00942. The molecular weight excluding hydrogens is 258 g/mol. The second kappa shape index (κ2) is 6.51. The number of hydrogen-bond acceptors (Lipinski definition) is 6. The first-order valence-corrected chi connectivity index (χ1v) is 6.76. The zero-order valence-electron chi connectivity index (χ0n) is 11.9. The number of anilines is 2. The highest BCUT2D eigenvalue weighted by Gasteiger charge is 2.29. The summed E-state index contributed by atoms with van der Waals surface area (Å²) in [6, 6.07) is 1.51. The Morgan fingerprint density at radius 1 is 1.55 bits per heavy atom. The lowest BCUT2D eigenvalue weighted by atomic mass is 10.0. The molecule has 1 unspecified atom stereocenters. The van der Waals surface area contributed by atoms with E-state index >= 15 is 0 Å². The number of piperidine rings is 1. The van der Waals surface area contributed by atoms with Gasteiger partial charge in [-0.3, -0.25) is 4.79 Å². The number of likely N-dealkylation sites (N-methyl/N-ethyl adjacent to an activating group) is 1. The van der Waals surface area contributed by atoms with Gasteiger partial charge in [-0.2, -0.15) is 0 Å². The molecule has 0 bridgehead atoms. The minimum Gasteiger partial charge on any atom is -0.384 e. The van der Waals surface area contributed by atoms with Crippen LogP contribution in [0.4, 0.5) is 11.6 Å². The Morgan fingerprint density at radius 3 is 3.05 bits per heavy atom. The Hall–Kier alpha value is -1.89. The van der Waals surface area contributed by atoms with Gasteiger partial charge in [0.15, 0.2) is 5.82 Å². The number of amides is 1. The maximum atomic E-state index is 12.0. The number of nitrogens with one attached hydrogen (secondary N) is 1. The number of carbonyl (C=O) groups excluding carboxylic acids is 1. The molecule has 7 nitrogen and oxygen atoms in total. The maximum Gasteiger partial charge on any atom is 0.242 e. The summed E-state index contributed by atoms with van der Waals surface area (Å²) < 4.78 is 5.04. The Labute approximate surface area is 118 Å². The molecule has 1 atom stereocenters. The van der Waals surface area contributed by atoms with E-state index in [9.17, 15) is 4.79 Å². The fraction of sp³-hybridized carbons (Fsp3) is 0.615. The molecule has 1 aromatic rings. The second-order valence-corrected chi connectivity index (χ2v) is 4.82. The Morgan fingerprint density at radius 2 is 2.35 bits per heavy atom. The number of nitrogens with zero attached hydrogens (tertiary/aromatic N) is 3. The van der Waals surface area contributed by atoms with E-state index in [0.717, 1.165) is 25.8 Å². The van der Waals surface area contributed by atoms with E-state index in [-0.39, 0.29) is 11.9 Å². The molecule has 1 aliphatic rings. The van der Waals surface area contributed by atoms with Crippen LogP contribution < -0.4 is 16.0 Å². The smallest absolute Gasteiger partial charge is 0.242 e. The van der Waals surface area contributed by atoms with Crippen LogP contribution >= 0.6 is 0 Å². The Bertz CT molecular complexity index is 480. The van der Waals surface area contributed by atoms with Gasteiger partial charge in [0, 0.05) is 26.8 Å². The fourth-order valence-corrected chi connectivity index (χ4v) is 2.49. The molecule has 110 valence electrons. The SMILES string of the molecule is CNC(=O)C1CCCCN1c1cc(N)nc(COC)n1. The fourth-order valence-electron chi connectivity index (χ4n) is 2.49. The Kier molecular flexibility index (Phi) is 4.73. The predicted octanol–water partition coefficient (Wildman–Crippen LogP) is 0.310. The maximum absolute atomic E-state index is 12.0. The zero-order chi connectivity index (χ0) is 14.5. The highest BCUT2D eigenvalue weighted by molar-refractivity contribution is 5.85. The quantitative estimate of drug-likeness (QED) is 0.824. The summed E-state index contributed by atoms with van der Waals surface area (Å²) in [7, 11) is 3.24. The van der Waals surface area contributed by atoms with Crippen LogP contribution in [-0.4, -0.2) is 42.6 Å². The highest BCUT2D eigenvalue weighted by Crippen LogP contribution is 2.24. The van der Waals surface area contributed by atoms with Gasteiger partial charge in [-0.1, -0.05) is 0 Å². The van der Waals surface area contributed by atoms with Crippen molar-refractivity contribution in [2.24, 2.45) is 0 Å². The average molecular weight is 279 g/mol. The largest absolute Gasteiger partial charge is 0.384 e. The van der Waals surface area contributed by atoms with Crippen LogP contribution in [0.1, 0.15) is 25.1 Å². The summed E-state index contributed by atoms with van der Waals surface area (Å²) in [5, 5.41) is 2.71. The van der Waals surface area contributed by atoms with E-state index in [4.69, 9.17) is 10.5 Å². The number of nitrogens with two attached hydrogens (primary N) is 1.